The predicted octanol–water partition coefficient (Wildman–Crippen LogP) is 1.38. The van der Waals surface area contributed by atoms with Crippen LogP contribution in [0.1, 0.15) is 26.2 Å². The zero-order valence-corrected chi connectivity index (χ0v) is 14.4. The molecular weight excluding hydrogens is 316 g/mol. The molecule has 6 nitrogen and oxygen atoms in total. The van der Waals surface area contributed by atoms with Gasteiger partial charge in [-0.3, -0.25) is 4.79 Å². The molecule has 128 valence electrons. The summed E-state index contributed by atoms with van der Waals surface area (Å²) < 4.78 is 30.8. The number of amides is 1. The number of carbonyl (C=O) groups is 1. The minimum Gasteiger partial charge on any atom is -0.481 e. The first-order valence-corrected chi connectivity index (χ1v) is 9.73. The highest BCUT2D eigenvalue weighted by Gasteiger charge is 2.30. The van der Waals surface area contributed by atoms with Crippen molar-refractivity contribution in [1.29, 1.82) is 0 Å². The third-order valence-corrected chi connectivity index (χ3v) is 4.59. The lowest BCUT2D eigenvalue weighted by atomic mass is 10.0. The summed E-state index contributed by atoms with van der Waals surface area (Å²) in [4.78, 5) is 14.4. The van der Waals surface area contributed by atoms with Crippen LogP contribution in [0.4, 0.5) is 0 Å². The topological polar surface area (TPSA) is 75.7 Å². The summed E-state index contributed by atoms with van der Waals surface area (Å²) in [7, 11) is -3.26. The van der Waals surface area contributed by atoms with Gasteiger partial charge in [0.05, 0.1) is 6.26 Å². The summed E-state index contributed by atoms with van der Waals surface area (Å²) in [6, 6.07) is 9.09. The molecule has 0 radical (unpaired) electrons. The van der Waals surface area contributed by atoms with Gasteiger partial charge < -0.3 is 9.64 Å². The first-order chi connectivity index (χ1) is 10.9. The predicted molar refractivity (Wildman–Crippen MR) is 88.7 cm³/mol. The number of piperidine rings is 1. The molecule has 0 aliphatic carbocycles. The lowest BCUT2D eigenvalue weighted by Gasteiger charge is -2.37. The smallest absolute Gasteiger partial charge is 0.263 e. The molecule has 2 rings (SSSR count). The van der Waals surface area contributed by atoms with Crippen LogP contribution in [0.2, 0.25) is 0 Å². The fourth-order valence-corrected chi connectivity index (χ4v) is 3.23. The second-order valence-electron chi connectivity index (χ2n) is 5.87. The summed E-state index contributed by atoms with van der Waals surface area (Å²) in [5, 5.41) is 0. The van der Waals surface area contributed by atoms with Crippen molar-refractivity contribution in [3.63, 3.8) is 0 Å². The van der Waals surface area contributed by atoms with Gasteiger partial charge in [0.15, 0.2) is 6.10 Å². The van der Waals surface area contributed by atoms with Crippen LogP contribution in [0.5, 0.6) is 5.75 Å². The second-order valence-corrected chi connectivity index (χ2v) is 7.71. The molecule has 1 aromatic rings. The molecule has 23 heavy (non-hydrogen) atoms. The van der Waals surface area contributed by atoms with E-state index >= 15 is 0 Å². The first-order valence-electron chi connectivity index (χ1n) is 7.83. The summed E-state index contributed by atoms with van der Waals surface area (Å²) in [6.45, 7) is 2.62. The van der Waals surface area contributed by atoms with Gasteiger partial charge in [-0.2, -0.15) is 0 Å². The van der Waals surface area contributed by atoms with Crippen molar-refractivity contribution in [1.82, 2.24) is 9.62 Å². The number of hydrogen-bond donors (Lipinski definition) is 1. The molecule has 2 unspecified atom stereocenters. The number of ether oxygens (including phenoxy) is 1. The average Bonchev–Trinajstić information content (AvgIpc) is 2.53. The molecule has 1 fully saturated rings. The number of benzene rings is 1. The average molecular weight is 340 g/mol. The van der Waals surface area contributed by atoms with E-state index in [4.69, 9.17) is 4.74 Å². The lowest BCUT2D eigenvalue weighted by Crippen LogP contribution is -2.52. The van der Waals surface area contributed by atoms with Crippen LogP contribution in [0.25, 0.3) is 0 Å². The summed E-state index contributed by atoms with van der Waals surface area (Å²) in [5.74, 6) is 0.546. The van der Waals surface area contributed by atoms with Crippen molar-refractivity contribution >= 4 is 15.9 Å². The van der Waals surface area contributed by atoms with E-state index in [0.29, 0.717) is 12.3 Å². The van der Waals surface area contributed by atoms with Crippen molar-refractivity contribution in [2.24, 2.45) is 0 Å². The lowest BCUT2D eigenvalue weighted by molar-refractivity contribution is -0.141. The number of likely N-dealkylation sites (tertiary alicyclic amines) is 1. The van der Waals surface area contributed by atoms with E-state index in [0.717, 1.165) is 25.5 Å². The molecular formula is C16H24N2O4S. The Balaban J connectivity index is 1.99. The zero-order chi connectivity index (χ0) is 16.9. The minimum atomic E-state index is -3.26. The molecule has 0 saturated carbocycles. The number of nitrogens with one attached hydrogen (secondary N) is 1. The standard InChI is InChI=1S/C16H24N2O4S/c1-13(22-15-9-4-3-5-10-15)16(19)18-11-7-6-8-14(18)12-17-23(2,20)21/h3-5,9-10,13-14,17H,6-8,11-12H2,1-2H3. The Morgan fingerprint density at radius 3 is 2.70 bits per heavy atom. The first kappa shape index (κ1) is 17.7. The third kappa shape index (κ3) is 5.51. The van der Waals surface area contributed by atoms with E-state index in [9.17, 15) is 13.2 Å². The van der Waals surface area contributed by atoms with Gasteiger partial charge in [0.25, 0.3) is 5.91 Å². The Morgan fingerprint density at radius 2 is 2.04 bits per heavy atom. The molecule has 2 atom stereocenters. The van der Waals surface area contributed by atoms with Gasteiger partial charge in [-0.25, -0.2) is 13.1 Å². The highest BCUT2D eigenvalue weighted by Crippen LogP contribution is 2.19. The Kier molecular flexibility index (Phi) is 6.01. The Bertz CT molecular complexity index is 618. The maximum absolute atomic E-state index is 12.7. The van der Waals surface area contributed by atoms with Crippen molar-refractivity contribution < 1.29 is 17.9 Å². The molecule has 1 saturated heterocycles. The number of sulfonamides is 1. The van der Waals surface area contributed by atoms with Crippen LogP contribution in [0, 0.1) is 0 Å². The van der Waals surface area contributed by atoms with Crippen LogP contribution in [0.15, 0.2) is 30.3 Å². The SMILES string of the molecule is CC(Oc1ccccc1)C(=O)N1CCCCC1CNS(C)(=O)=O. The van der Waals surface area contributed by atoms with Crippen molar-refractivity contribution in [3.05, 3.63) is 30.3 Å². The molecule has 0 spiro atoms. The van der Waals surface area contributed by atoms with Crippen LogP contribution < -0.4 is 9.46 Å². The fourth-order valence-electron chi connectivity index (χ4n) is 2.74. The molecule has 7 heteroatoms. The van der Waals surface area contributed by atoms with Crippen molar-refractivity contribution in [2.75, 3.05) is 19.3 Å². The highest BCUT2D eigenvalue weighted by molar-refractivity contribution is 7.88. The van der Waals surface area contributed by atoms with E-state index < -0.39 is 16.1 Å². The molecule has 1 aliphatic heterocycles. The molecule has 1 aromatic carbocycles. The van der Waals surface area contributed by atoms with Crippen LogP contribution >= 0.6 is 0 Å². The van der Waals surface area contributed by atoms with Gasteiger partial charge in [-0.05, 0) is 38.3 Å². The van der Waals surface area contributed by atoms with Crippen molar-refractivity contribution in [3.8, 4) is 5.75 Å². The van der Waals surface area contributed by atoms with Crippen LogP contribution in [-0.4, -0.2) is 50.7 Å². The van der Waals surface area contributed by atoms with Gasteiger partial charge >= 0.3 is 0 Å². The quantitative estimate of drug-likeness (QED) is 0.849. The van der Waals surface area contributed by atoms with E-state index in [1.807, 2.05) is 30.3 Å². The number of nitrogens with zero attached hydrogens (tertiary/aromatic N) is 1. The Hall–Kier alpha value is -1.60. The van der Waals surface area contributed by atoms with Gasteiger partial charge in [0.1, 0.15) is 5.75 Å². The fraction of sp³-hybridized carbons (Fsp3) is 0.562. The van der Waals surface area contributed by atoms with E-state index in [1.165, 1.54) is 0 Å². The van der Waals surface area contributed by atoms with E-state index in [2.05, 4.69) is 4.72 Å². The summed E-state index contributed by atoms with van der Waals surface area (Å²) >= 11 is 0. The zero-order valence-electron chi connectivity index (χ0n) is 13.6. The van der Waals surface area contributed by atoms with Crippen LogP contribution in [-0.2, 0) is 14.8 Å². The van der Waals surface area contributed by atoms with Crippen LogP contribution in [0.3, 0.4) is 0 Å². The number of rotatable bonds is 6. The maximum Gasteiger partial charge on any atom is 0.263 e. The normalized spacial score (nSPS) is 20.1. The van der Waals surface area contributed by atoms with Crippen molar-refractivity contribution in [2.45, 2.75) is 38.3 Å². The summed E-state index contributed by atoms with van der Waals surface area (Å²) in [5.41, 5.74) is 0. The number of carbonyl (C=O) groups excluding carboxylic acids is 1. The van der Waals surface area contributed by atoms with Gasteiger partial charge in [-0.1, -0.05) is 18.2 Å². The van der Waals surface area contributed by atoms with Gasteiger partial charge in [0, 0.05) is 19.1 Å². The molecule has 1 aliphatic rings. The molecule has 0 bridgehead atoms. The van der Waals surface area contributed by atoms with Gasteiger partial charge in [-0.15, -0.1) is 0 Å². The molecule has 1 N–H and O–H groups in total. The largest absolute Gasteiger partial charge is 0.481 e. The minimum absolute atomic E-state index is 0.103. The molecule has 1 heterocycles. The summed E-state index contributed by atoms with van der Waals surface area (Å²) in [6.07, 6.45) is 3.25. The highest BCUT2D eigenvalue weighted by atomic mass is 32.2. The number of para-hydroxylation sites is 1. The molecule has 1 amide bonds. The monoisotopic (exact) mass is 340 g/mol. The number of hydrogen-bond acceptors (Lipinski definition) is 4. The second kappa shape index (κ2) is 7.79. The maximum atomic E-state index is 12.7. The Morgan fingerprint density at radius 1 is 1.35 bits per heavy atom. The van der Waals surface area contributed by atoms with E-state index in [-0.39, 0.29) is 18.5 Å². The Labute approximate surface area is 137 Å². The van der Waals surface area contributed by atoms with E-state index in [1.54, 1.807) is 11.8 Å². The third-order valence-electron chi connectivity index (χ3n) is 3.90. The van der Waals surface area contributed by atoms with Gasteiger partial charge in [0.2, 0.25) is 10.0 Å². The molecule has 0 aromatic heterocycles.